The summed E-state index contributed by atoms with van der Waals surface area (Å²) in [5.41, 5.74) is 7.71. The fraction of sp³-hybridized carbons (Fsp3) is 0.355. The van der Waals surface area contributed by atoms with E-state index in [-0.39, 0.29) is 40.7 Å². The Morgan fingerprint density at radius 3 is 2.17 bits per heavy atom. The van der Waals surface area contributed by atoms with Crippen molar-refractivity contribution in [1.82, 2.24) is 15.0 Å². The Morgan fingerprint density at radius 2 is 1.52 bits per heavy atom. The number of aliphatic hydroxyl groups excluding tert-OH is 1. The maximum absolute atomic E-state index is 13.7. The van der Waals surface area contributed by atoms with Crippen LogP contribution in [0, 0.1) is 45.4 Å². The first kappa shape index (κ1) is 28.1. The zero-order valence-electron chi connectivity index (χ0n) is 23.8. The summed E-state index contributed by atoms with van der Waals surface area (Å²) in [6, 6.07) is -0.404. The number of aliphatic hydroxyl groups is 1. The predicted molar refractivity (Wildman–Crippen MR) is 153 cm³/mol. The first-order valence-corrected chi connectivity index (χ1v) is 13.1. The minimum Gasteiger partial charge on any atom is -0.681 e. The van der Waals surface area contributed by atoms with E-state index < -0.39 is 17.9 Å². The van der Waals surface area contributed by atoms with Gasteiger partial charge in [0, 0.05) is 5.56 Å². The number of methoxy groups -OCH3 is 1. The van der Waals surface area contributed by atoms with Crippen LogP contribution in [-0.2, 0) is 9.53 Å². The standard InChI is InChI=1S/C31H30N4O4.Mg/c1-12-13(2)20-10-24-18(11-36)16(5)22(33-24)9-23-17(6)25-29(35-23)26(27(30(25)37)31(38)39-7)28-15(4)14(3)21(34-28)8-19(12)32-20;/h8-11,14-15,27-28H,1-7H3,(H,36,37);/q-4;+2/b21-8-,24-10-;/t14-,15-,27+,28?;/m0./s1. The molecule has 1 saturated heterocycles. The van der Waals surface area contributed by atoms with Crippen LogP contribution in [0.1, 0.15) is 63.5 Å². The average molecular weight is 547 g/mol. The Morgan fingerprint density at radius 1 is 0.900 bits per heavy atom. The van der Waals surface area contributed by atoms with Crippen molar-refractivity contribution in [3.63, 3.8) is 0 Å². The topological polar surface area (TPSA) is 120 Å². The average Bonchev–Trinajstić information content (AvgIpc) is 3.63. The van der Waals surface area contributed by atoms with Crippen molar-refractivity contribution in [3.8, 4) is 0 Å². The molecule has 2 aliphatic heterocycles. The molecule has 3 aromatic heterocycles. The second-order valence-electron chi connectivity index (χ2n) is 10.9. The van der Waals surface area contributed by atoms with Gasteiger partial charge in [-0.05, 0) is 44.7 Å². The molecule has 3 aliphatic rings. The first-order chi connectivity index (χ1) is 18.6. The molecular weight excluding hydrogens is 517 g/mol. The van der Waals surface area contributed by atoms with Gasteiger partial charge < -0.3 is 30.1 Å². The third-order valence-electron chi connectivity index (χ3n) is 8.96. The zero-order chi connectivity index (χ0) is 27.9. The van der Waals surface area contributed by atoms with Gasteiger partial charge >= 0.3 is 29.0 Å². The van der Waals surface area contributed by atoms with Crippen LogP contribution in [0.4, 0.5) is 0 Å². The largest absolute Gasteiger partial charge is 2.00 e. The van der Waals surface area contributed by atoms with Gasteiger partial charge in [-0.2, -0.15) is 5.70 Å². The monoisotopic (exact) mass is 546 g/mol. The fourth-order valence-electron chi connectivity index (χ4n) is 6.14. The van der Waals surface area contributed by atoms with Crippen molar-refractivity contribution in [2.75, 3.05) is 7.11 Å². The Bertz CT molecular complexity index is 1870. The molecule has 5 heterocycles. The van der Waals surface area contributed by atoms with Gasteiger partial charge in [0.25, 0.3) is 0 Å². The summed E-state index contributed by atoms with van der Waals surface area (Å²) < 4.78 is 5.09. The molecule has 3 aromatic rings. The van der Waals surface area contributed by atoms with E-state index in [1.54, 1.807) is 0 Å². The summed E-state index contributed by atoms with van der Waals surface area (Å²) in [4.78, 5) is 41.3. The maximum Gasteiger partial charge on any atom is 2.00 e. The quantitative estimate of drug-likeness (QED) is 0.273. The van der Waals surface area contributed by atoms with E-state index in [0.717, 1.165) is 40.0 Å². The SMILES string of the molecule is COC(=O)[C@H]1C(=O)c2c(C)/c3[n-]c2=C1C1[N-]/C(=C\c2[n-]c(c(C)c2C)/C=c2\[n-]c(c(C)\c2=C\O)\C=3)[C@@H](C)[C@@H]1C.[Mg+2]. The van der Waals surface area contributed by atoms with Crippen LogP contribution >= 0.6 is 0 Å². The normalized spacial score (nSPS) is 26.3. The number of carbonyl (C=O) groups excluding carboxylic acids is 2. The number of allylic oxidation sites excluding steroid dienone is 1. The molecule has 1 fully saturated rings. The van der Waals surface area contributed by atoms with Crippen LogP contribution in [-0.4, -0.2) is 53.1 Å². The molecule has 8 nitrogen and oxygen atoms in total. The van der Waals surface area contributed by atoms with E-state index >= 15 is 0 Å². The van der Waals surface area contributed by atoms with Crippen LogP contribution in [0.25, 0.3) is 35.4 Å². The Hall–Kier alpha value is -3.43. The maximum atomic E-state index is 13.7. The molecule has 6 rings (SSSR count). The minimum absolute atomic E-state index is 0. The van der Waals surface area contributed by atoms with Crippen LogP contribution in [0.3, 0.4) is 0 Å². The molecule has 1 aliphatic carbocycles. The predicted octanol–water partition coefficient (Wildman–Crippen LogP) is 0.883. The second kappa shape index (κ2) is 9.89. The van der Waals surface area contributed by atoms with E-state index in [2.05, 4.69) is 13.8 Å². The number of hydrogen-bond donors (Lipinski definition) is 1. The van der Waals surface area contributed by atoms with Gasteiger partial charge in [-0.15, -0.1) is 33.1 Å². The molecule has 0 radical (unpaired) electrons. The number of nitrogens with zero attached hydrogens (tertiary/aromatic N) is 4. The van der Waals surface area contributed by atoms with Crippen molar-refractivity contribution in [2.45, 2.75) is 47.6 Å². The van der Waals surface area contributed by atoms with Crippen LogP contribution in [0.2, 0.25) is 0 Å². The van der Waals surface area contributed by atoms with Gasteiger partial charge in [0.2, 0.25) is 0 Å². The van der Waals surface area contributed by atoms with Gasteiger partial charge in [0.1, 0.15) is 5.92 Å². The molecule has 0 amide bonds. The van der Waals surface area contributed by atoms with E-state index in [0.29, 0.717) is 43.7 Å². The molecule has 40 heavy (non-hydrogen) atoms. The summed E-state index contributed by atoms with van der Waals surface area (Å²) in [6.07, 6.45) is 6.80. The van der Waals surface area contributed by atoms with Gasteiger partial charge in [-0.3, -0.25) is 9.59 Å². The third kappa shape index (κ3) is 3.85. The molecule has 4 atom stereocenters. The Labute approximate surface area is 248 Å². The van der Waals surface area contributed by atoms with Crippen LogP contribution in [0.5, 0.6) is 0 Å². The molecule has 8 bridgehead atoms. The number of ether oxygens (including phenoxy) is 1. The van der Waals surface area contributed by atoms with Crippen LogP contribution < -0.4 is 36.2 Å². The van der Waals surface area contributed by atoms with Crippen molar-refractivity contribution in [2.24, 2.45) is 17.8 Å². The summed E-state index contributed by atoms with van der Waals surface area (Å²) in [5, 5.41) is 17.5. The molecule has 202 valence electrons. The molecule has 0 spiro atoms. The summed E-state index contributed by atoms with van der Waals surface area (Å²) >= 11 is 0. The number of esters is 1. The Balaban J connectivity index is 0.00000323. The van der Waals surface area contributed by atoms with Gasteiger partial charge in [-0.1, -0.05) is 65.9 Å². The minimum atomic E-state index is -1.06. The van der Waals surface area contributed by atoms with Crippen LogP contribution in [0.15, 0.2) is 5.70 Å². The number of fused-ring (bicyclic) bond motifs is 8. The van der Waals surface area contributed by atoms with E-state index in [9.17, 15) is 14.7 Å². The smallest absolute Gasteiger partial charge is 0.681 e. The number of carbonyl (C=O) groups is 2. The number of hydrogen-bond acceptors (Lipinski definition) is 4. The summed E-state index contributed by atoms with van der Waals surface area (Å²) in [6.45, 7) is 12.0. The Kier molecular flexibility index (Phi) is 6.95. The van der Waals surface area contributed by atoms with Crippen molar-refractivity contribution in [3.05, 3.63) is 77.2 Å². The number of aromatic nitrogens is 3. The van der Waals surface area contributed by atoms with Crippen molar-refractivity contribution in [1.29, 1.82) is 0 Å². The summed E-state index contributed by atoms with van der Waals surface area (Å²) in [7, 11) is 1.30. The van der Waals surface area contributed by atoms with Crippen molar-refractivity contribution >= 4 is 64.9 Å². The molecule has 9 heteroatoms. The number of Topliss-reactive ketones (excluding diaryl/α,β-unsaturated/α-hetero) is 1. The molecular formula is C31H30MgN4O4-2. The number of ketones is 1. The zero-order valence-corrected chi connectivity index (χ0v) is 25.2. The van der Waals surface area contributed by atoms with Gasteiger partial charge in [0.15, 0.2) is 5.78 Å². The molecule has 1 unspecified atom stereocenters. The van der Waals surface area contributed by atoms with E-state index in [1.807, 2.05) is 45.9 Å². The van der Waals surface area contributed by atoms with Gasteiger partial charge in [0.05, 0.1) is 13.4 Å². The third-order valence-corrected chi connectivity index (χ3v) is 8.96. The molecule has 1 N–H and O–H groups in total. The van der Waals surface area contributed by atoms with E-state index in [4.69, 9.17) is 25.0 Å². The number of rotatable bonds is 1. The molecule has 0 saturated carbocycles. The second-order valence-corrected chi connectivity index (χ2v) is 10.9. The summed E-state index contributed by atoms with van der Waals surface area (Å²) in [5.74, 6) is -1.86. The van der Waals surface area contributed by atoms with Gasteiger partial charge in [-0.25, -0.2) is 0 Å². The molecule has 0 aromatic carbocycles. The van der Waals surface area contributed by atoms with Crippen molar-refractivity contribution < 1.29 is 19.4 Å². The van der Waals surface area contributed by atoms with E-state index in [1.165, 1.54) is 7.11 Å². The first-order valence-electron chi connectivity index (χ1n) is 13.1. The fourth-order valence-corrected chi connectivity index (χ4v) is 6.14.